The first-order valence-corrected chi connectivity index (χ1v) is 5.32. The molecule has 0 aliphatic heterocycles. The molecule has 0 amide bonds. The zero-order valence-electron chi connectivity index (χ0n) is 9.01. The van der Waals surface area contributed by atoms with Gasteiger partial charge in [0.1, 0.15) is 0 Å². The topological polar surface area (TPSA) is 40.9 Å². The second kappa shape index (κ2) is 7.21. The summed E-state index contributed by atoms with van der Waals surface area (Å²) in [6.07, 6.45) is 0. The van der Waals surface area contributed by atoms with Crippen molar-refractivity contribution >= 4 is 16.8 Å². The van der Waals surface area contributed by atoms with Gasteiger partial charge in [-0.2, -0.15) is 5.26 Å². The van der Waals surface area contributed by atoms with Gasteiger partial charge in [0.05, 0.1) is 11.6 Å². The molecule has 0 saturated heterocycles. The number of carbonyl (C=O) groups excluding carboxylic acids is 1. The molecule has 2 nitrogen and oxygen atoms in total. The second-order valence-electron chi connectivity index (χ2n) is 3.12. The number of nitriles is 1. The molecule has 0 atom stereocenters. The molecule has 0 bridgehead atoms. The lowest BCUT2D eigenvalue weighted by Gasteiger charge is -1.87. The molecule has 0 aromatic heterocycles. The smallest absolute Gasteiger partial charge is 0.252 e. The van der Waals surface area contributed by atoms with Crippen molar-refractivity contribution in [3.63, 3.8) is 0 Å². The van der Waals surface area contributed by atoms with Crippen molar-refractivity contribution in [3.05, 3.63) is 71.8 Å². The summed E-state index contributed by atoms with van der Waals surface area (Å²) in [6, 6.07) is 19.9. The van der Waals surface area contributed by atoms with E-state index in [-0.39, 0.29) is 0 Å². The maximum atomic E-state index is 10.4. The highest BCUT2D eigenvalue weighted by Crippen LogP contribution is 2.01. The van der Waals surface area contributed by atoms with Crippen molar-refractivity contribution in [2.24, 2.45) is 0 Å². The van der Waals surface area contributed by atoms with Gasteiger partial charge in [0.2, 0.25) is 0 Å². The third kappa shape index (κ3) is 4.96. The zero-order chi connectivity index (χ0) is 12.5. The summed E-state index contributed by atoms with van der Waals surface area (Å²) in [5.41, 5.74) is 1.26. The fourth-order valence-corrected chi connectivity index (χ4v) is 1.21. The monoisotopic (exact) mass is 243 g/mol. The Balaban J connectivity index is 0.000000171. The normalized spacial score (nSPS) is 8.47. The molecule has 0 heterocycles. The van der Waals surface area contributed by atoms with Gasteiger partial charge in [0.15, 0.2) is 0 Å². The summed E-state index contributed by atoms with van der Waals surface area (Å²) < 4.78 is 0. The van der Waals surface area contributed by atoms with Crippen LogP contribution in [0.25, 0.3) is 0 Å². The number of halogens is 1. The molecule has 0 saturated carbocycles. The predicted octanol–water partition coefficient (Wildman–Crippen LogP) is 3.62. The van der Waals surface area contributed by atoms with E-state index in [2.05, 4.69) is 0 Å². The molecule has 0 unspecified atom stereocenters. The molecule has 2 aromatic rings. The number of carbonyl (C=O) groups is 1. The Kier molecular flexibility index (Phi) is 5.50. The van der Waals surface area contributed by atoms with Crippen LogP contribution in [-0.4, -0.2) is 5.24 Å². The maximum Gasteiger partial charge on any atom is 0.252 e. The van der Waals surface area contributed by atoms with Gasteiger partial charge in [-0.1, -0.05) is 48.5 Å². The maximum absolute atomic E-state index is 10.4. The SMILES string of the molecule is N#Cc1ccccc1.O=C(Cl)c1ccccc1. The van der Waals surface area contributed by atoms with Crippen LogP contribution >= 0.6 is 11.6 Å². The van der Waals surface area contributed by atoms with E-state index in [4.69, 9.17) is 16.9 Å². The molecule has 3 heteroatoms. The Bertz CT molecular complexity index is 503. The molecule has 0 aliphatic rings. The van der Waals surface area contributed by atoms with Crippen LogP contribution in [0.1, 0.15) is 15.9 Å². The molecule has 0 radical (unpaired) electrons. The Labute approximate surface area is 105 Å². The van der Waals surface area contributed by atoms with E-state index in [1.807, 2.05) is 30.3 Å². The van der Waals surface area contributed by atoms with E-state index in [0.717, 1.165) is 0 Å². The van der Waals surface area contributed by atoms with Gasteiger partial charge in [-0.05, 0) is 23.7 Å². The summed E-state index contributed by atoms with van der Waals surface area (Å²) in [7, 11) is 0. The first kappa shape index (κ1) is 13.0. The van der Waals surface area contributed by atoms with Crippen molar-refractivity contribution in [1.82, 2.24) is 0 Å². The highest BCUT2D eigenvalue weighted by molar-refractivity contribution is 6.67. The fourth-order valence-electron chi connectivity index (χ4n) is 1.08. The van der Waals surface area contributed by atoms with Crippen LogP contribution in [0.4, 0.5) is 0 Å². The van der Waals surface area contributed by atoms with Crippen LogP contribution in [0.15, 0.2) is 60.7 Å². The minimum Gasteiger partial charge on any atom is -0.276 e. The largest absolute Gasteiger partial charge is 0.276 e. The van der Waals surface area contributed by atoms with Crippen molar-refractivity contribution in [3.8, 4) is 6.07 Å². The Hall–Kier alpha value is -2.11. The molecular formula is C14H10ClNO. The first-order chi connectivity index (χ1) is 8.24. The van der Waals surface area contributed by atoms with Gasteiger partial charge in [-0.25, -0.2) is 0 Å². The predicted molar refractivity (Wildman–Crippen MR) is 67.8 cm³/mol. The van der Waals surface area contributed by atoms with Crippen molar-refractivity contribution in [1.29, 1.82) is 5.26 Å². The lowest BCUT2D eigenvalue weighted by atomic mass is 10.2. The minimum absolute atomic E-state index is 0.407. The van der Waals surface area contributed by atoms with Gasteiger partial charge in [0.25, 0.3) is 5.24 Å². The third-order valence-electron chi connectivity index (χ3n) is 1.90. The third-order valence-corrected chi connectivity index (χ3v) is 2.12. The first-order valence-electron chi connectivity index (χ1n) is 4.94. The lowest BCUT2D eigenvalue weighted by Crippen LogP contribution is -1.84. The molecular weight excluding hydrogens is 234 g/mol. The highest BCUT2D eigenvalue weighted by atomic mass is 35.5. The van der Waals surface area contributed by atoms with E-state index < -0.39 is 5.24 Å². The van der Waals surface area contributed by atoms with Crippen LogP contribution in [-0.2, 0) is 0 Å². The summed E-state index contributed by atoms with van der Waals surface area (Å²) in [5, 5.41) is 7.88. The molecule has 2 aromatic carbocycles. The van der Waals surface area contributed by atoms with Crippen molar-refractivity contribution in [2.45, 2.75) is 0 Å². The molecule has 0 fully saturated rings. The van der Waals surface area contributed by atoms with E-state index in [1.54, 1.807) is 36.4 Å². The Morgan fingerprint density at radius 1 is 0.941 bits per heavy atom. The fraction of sp³-hybridized carbons (Fsp3) is 0. The van der Waals surface area contributed by atoms with Crippen LogP contribution < -0.4 is 0 Å². The number of hydrogen-bond donors (Lipinski definition) is 0. The number of hydrogen-bond acceptors (Lipinski definition) is 2. The van der Waals surface area contributed by atoms with E-state index in [1.165, 1.54) is 0 Å². The van der Waals surface area contributed by atoms with E-state index in [0.29, 0.717) is 11.1 Å². The van der Waals surface area contributed by atoms with Crippen LogP contribution in [0.3, 0.4) is 0 Å². The van der Waals surface area contributed by atoms with Gasteiger partial charge in [-0.15, -0.1) is 0 Å². The average Bonchev–Trinajstić information content (AvgIpc) is 2.41. The summed E-state index contributed by atoms with van der Waals surface area (Å²) in [4.78, 5) is 10.4. The second-order valence-corrected chi connectivity index (χ2v) is 3.46. The minimum atomic E-state index is -0.407. The average molecular weight is 244 g/mol. The van der Waals surface area contributed by atoms with Crippen LogP contribution in [0.2, 0.25) is 0 Å². The number of rotatable bonds is 1. The molecule has 0 spiro atoms. The molecule has 17 heavy (non-hydrogen) atoms. The van der Waals surface area contributed by atoms with Crippen LogP contribution in [0, 0.1) is 11.3 Å². The highest BCUT2D eigenvalue weighted by Gasteiger charge is 1.95. The lowest BCUT2D eigenvalue weighted by molar-refractivity contribution is 0.108. The number of nitrogens with zero attached hydrogens (tertiary/aromatic N) is 1. The van der Waals surface area contributed by atoms with Crippen LogP contribution in [0.5, 0.6) is 0 Å². The Morgan fingerprint density at radius 2 is 1.41 bits per heavy atom. The molecule has 84 valence electrons. The van der Waals surface area contributed by atoms with Crippen molar-refractivity contribution < 1.29 is 4.79 Å². The van der Waals surface area contributed by atoms with E-state index >= 15 is 0 Å². The number of benzene rings is 2. The van der Waals surface area contributed by atoms with Gasteiger partial charge in [-0.3, -0.25) is 4.79 Å². The Morgan fingerprint density at radius 3 is 1.71 bits per heavy atom. The summed E-state index contributed by atoms with van der Waals surface area (Å²) in [6.45, 7) is 0. The molecule has 0 aliphatic carbocycles. The van der Waals surface area contributed by atoms with Gasteiger partial charge < -0.3 is 0 Å². The quantitative estimate of drug-likeness (QED) is 0.718. The van der Waals surface area contributed by atoms with Crippen molar-refractivity contribution in [2.75, 3.05) is 0 Å². The van der Waals surface area contributed by atoms with E-state index in [9.17, 15) is 4.79 Å². The summed E-state index contributed by atoms with van der Waals surface area (Å²) >= 11 is 5.16. The van der Waals surface area contributed by atoms with Gasteiger partial charge >= 0.3 is 0 Å². The van der Waals surface area contributed by atoms with Gasteiger partial charge in [0, 0.05) is 5.56 Å². The molecule has 2 rings (SSSR count). The zero-order valence-corrected chi connectivity index (χ0v) is 9.76. The summed E-state index contributed by atoms with van der Waals surface area (Å²) in [5.74, 6) is 0. The standard InChI is InChI=1S/C7H5ClO.C7H5N/c8-7(9)6-4-2-1-3-5-6;8-6-7-4-2-1-3-5-7/h1-5H;1-5H. The molecule has 0 N–H and O–H groups in total.